The number of H-pyrrole nitrogens is 1. The molecule has 1 aliphatic rings. The first-order valence-corrected chi connectivity index (χ1v) is 5.70. The number of nitrogens with zero attached hydrogens (tertiary/aromatic N) is 4. The molecule has 2 aromatic rings. The molecule has 0 atom stereocenters. The maximum Gasteiger partial charge on any atom is 0.408 e. The number of aromatic amines is 1. The summed E-state index contributed by atoms with van der Waals surface area (Å²) in [6, 6.07) is 0.0900. The summed E-state index contributed by atoms with van der Waals surface area (Å²) in [6.07, 6.45) is -0.0561. The van der Waals surface area contributed by atoms with Gasteiger partial charge >= 0.3 is 11.9 Å². The highest BCUT2D eigenvalue weighted by Gasteiger charge is 2.31. The van der Waals surface area contributed by atoms with E-state index in [0.29, 0.717) is 11.4 Å². The lowest BCUT2D eigenvalue weighted by Crippen LogP contribution is -2.18. The van der Waals surface area contributed by atoms with E-state index in [-0.39, 0.29) is 11.7 Å². The Morgan fingerprint density at radius 2 is 2.16 bits per heavy atom. The molecule has 102 valence electrons. The number of nitrogens with one attached hydrogen (secondary N) is 1. The van der Waals surface area contributed by atoms with Crippen LogP contribution in [0.2, 0.25) is 0 Å². The third-order valence-corrected chi connectivity index (χ3v) is 2.85. The lowest BCUT2D eigenvalue weighted by molar-refractivity contribution is -0.142. The second-order valence-corrected chi connectivity index (χ2v) is 4.50. The van der Waals surface area contributed by atoms with E-state index in [1.54, 1.807) is 0 Å². The summed E-state index contributed by atoms with van der Waals surface area (Å²) in [4.78, 5) is 11.6. The summed E-state index contributed by atoms with van der Waals surface area (Å²) in [6.45, 7) is -1.16. The Balaban J connectivity index is 1.93. The molecule has 3 rings (SSSR count). The van der Waals surface area contributed by atoms with Crippen molar-refractivity contribution in [3.05, 3.63) is 22.9 Å². The van der Waals surface area contributed by atoms with Gasteiger partial charge in [0.15, 0.2) is 5.82 Å². The summed E-state index contributed by atoms with van der Waals surface area (Å²) < 4.78 is 39.0. The number of halogens is 3. The number of aromatic nitrogens is 5. The lowest BCUT2D eigenvalue weighted by Gasteiger charge is -2.05. The van der Waals surface area contributed by atoms with Crippen LogP contribution in [-0.2, 0) is 6.54 Å². The van der Waals surface area contributed by atoms with Crippen molar-refractivity contribution in [1.82, 2.24) is 24.5 Å². The van der Waals surface area contributed by atoms with Gasteiger partial charge < -0.3 is 0 Å². The number of alkyl halides is 3. The van der Waals surface area contributed by atoms with Crippen LogP contribution in [-0.4, -0.2) is 30.7 Å². The van der Waals surface area contributed by atoms with Crippen LogP contribution in [0.1, 0.15) is 18.9 Å². The van der Waals surface area contributed by atoms with Crippen molar-refractivity contribution in [2.75, 3.05) is 0 Å². The summed E-state index contributed by atoms with van der Waals surface area (Å²) in [5.74, 6) is 0.334. The zero-order valence-corrected chi connectivity index (χ0v) is 9.68. The highest BCUT2D eigenvalue weighted by atomic mass is 19.4. The molecule has 0 radical (unpaired) electrons. The average molecular weight is 273 g/mol. The van der Waals surface area contributed by atoms with Gasteiger partial charge in [-0.1, -0.05) is 0 Å². The number of hydrogen-bond acceptors (Lipinski definition) is 3. The largest absolute Gasteiger partial charge is 0.408 e. The fourth-order valence-corrected chi connectivity index (χ4v) is 1.93. The molecule has 0 unspecified atom stereocenters. The van der Waals surface area contributed by atoms with Gasteiger partial charge in [-0.05, 0) is 12.8 Å². The Morgan fingerprint density at radius 1 is 1.42 bits per heavy atom. The first-order valence-electron chi connectivity index (χ1n) is 5.70. The third kappa shape index (κ3) is 2.40. The molecule has 0 bridgehead atoms. The Labute approximate surface area is 104 Å². The summed E-state index contributed by atoms with van der Waals surface area (Å²) in [5.41, 5.74) is 0.0515. The molecule has 19 heavy (non-hydrogen) atoms. The molecule has 1 N–H and O–H groups in total. The SMILES string of the molecule is O=c1[nH]nc(-c2cnn(CC(F)(F)F)c2)n1C1CC1. The second kappa shape index (κ2) is 3.97. The van der Waals surface area contributed by atoms with Gasteiger partial charge in [-0.3, -0.25) is 9.25 Å². The van der Waals surface area contributed by atoms with Crippen LogP contribution in [0.3, 0.4) is 0 Å². The number of rotatable bonds is 3. The smallest absolute Gasteiger partial charge is 0.272 e. The van der Waals surface area contributed by atoms with Crippen molar-refractivity contribution in [2.24, 2.45) is 0 Å². The molecule has 9 heteroatoms. The van der Waals surface area contributed by atoms with E-state index in [0.717, 1.165) is 17.5 Å². The third-order valence-electron chi connectivity index (χ3n) is 2.85. The molecule has 0 aliphatic heterocycles. The maximum absolute atomic E-state index is 12.2. The van der Waals surface area contributed by atoms with Crippen molar-refractivity contribution >= 4 is 0 Å². The molecule has 0 amide bonds. The normalized spacial score (nSPS) is 15.9. The van der Waals surface area contributed by atoms with Gasteiger partial charge in [0.25, 0.3) is 0 Å². The van der Waals surface area contributed by atoms with E-state index >= 15 is 0 Å². The highest BCUT2D eigenvalue weighted by molar-refractivity contribution is 5.52. The van der Waals surface area contributed by atoms with Crippen LogP contribution in [0, 0.1) is 0 Å². The molecule has 2 aromatic heterocycles. The first kappa shape index (κ1) is 12.0. The summed E-state index contributed by atoms with van der Waals surface area (Å²) in [7, 11) is 0. The maximum atomic E-state index is 12.2. The predicted molar refractivity (Wildman–Crippen MR) is 58.4 cm³/mol. The van der Waals surface area contributed by atoms with Gasteiger partial charge in [0, 0.05) is 12.2 Å². The van der Waals surface area contributed by atoms with E-state index in [1.165, 1.54) is 17.0 Å². The molecule has 1 saturated carbocycles. The first-order chi connectivity index (χ1) is 8.94. The zero-order valence-electron chi connectivity index (χ0n) is 9.68. The van der Waals surface area contributed by atoms with E-state index < -0.39 is 12.7 Å². The van der Waals surface area contributed by atoms with Gasteiger partial charge in [-0.25, -0.2) is 9.89 Å². The van der Waals surface area contributed by atoms with Crippen molar-refractivity contribution < 1.29 is 13.2 Å². The molecule has 1 aliphatic carbocycles. The minimum atomic E-state index is -4.33. The van der Waals surface area contributed by atoms with Crippen LogP contribution in [0.4, 0.5) is 13.2 Å². The van der Waals surface area contributed by atoms with E-state index in [4.69, 9.17) is 0 Å². The van der Waals surface area contributed by atoms with Crippen LogP contribution in [0.25, 0.3) is 11.4 Å². The number of hydrogen-bond donors (Lipinski definition) is 1. The van der Waals surface area contributed by atoms with Gasteiger partial charge in [0.05, 0.1) is 11.8 Å². The zero-order chi connectivity index (χ0) is 13.6. The molecule has 6 nitrogen and oxygen atoms in total. The fraction of sp³-hybridized carbons (Fsp3) is 0.500. The van der Waals surface area contributed by atoms with Crippen LogP contribution < -0.4 is 5.69 Å². The van der Waals surface area contributed by atoms with Crippen molar-refractivity contribution in [3.63, 3.8) is 0 Å². The van der Waals surface area contributed by atoms with Crippen molar-refractivity contribution in [2.45, 2.75) is 31.6 Å². The lowest BCUT2D eigenvalue weighted by atomic mass is 10.3. The molecular formula is C10H10F3N5O. The Hall–Kier alpha value is -2.06. The fourth-order valence-electron chi connectivity index (χ4n) is 1.93. The average Bonchev–Trinajstić information content (AvgIpc) is 2.91. The summed E-state index contributed by atoms with van der Waals surface area (Å²) in [5, 5.41) is 9.80. The Morgan fingerprint density at radius 3 is 2.79 bits per heavy atom. The minimum absolute atomic E-state index is 0.0900. The van der Waals surface area contributed by atoms with Gasteiger partial charge in [0.2, 0.25) is 0 Å². The van der Waals surface area contributed by atoms with Gasteiger partial charge in [-0.2, -0.15) is 23.4 Å². The molecular weight excluding hydrogens is 263 g/mol. The van der Waals surface area contributed by atoms with Crippen LogP contribution in [0.15, 0.2) is 17.2 Å². The van der Waals surface area contributed by atoms with Crippen LogP contribution in [0.5, 0.6) is 0 Å². The predicted octanol–water partition coefficient (Wildman–Crippen LogP) is 1.33. The quantitative estimate of drug-likeness (QED) is 0.917. The highest BCUT2D eigenvalue weighted by Crippen LogP contribution is 2.36. The van der Waals surface area contributed by atoms with Crippen LogP contribution >= 0.6 is 0 Å². The standard InChI is InChI=1S/C10H10F3N5O/c11-10(12,13)5-17-4-6(3-14-17)8-15-16-9(19)18(8)7-1-2-7/h3-4,7H,1-2,5H2,(H,16,19). The molecule has 2 heterocycles. The topological polar surface area (TPSA) is 68.5 Å². The molecule has 0 spiro atoms. The van der Waals surface area contributed by atoms with E-state index in [1.807, 2.05) is 0 Å². The van der Waals surface area contributed by atoms with E-state index in [2.05, 4.69) is 15.3 Å². The van der Waals surface area contributed by atoms with Gasteiger partial charge in [-0.15, -0.1) is 0 Å². The van der Waals surface area contributed by atoms with E-state index in [9.17, 15) is 18.0 Å². The summed E-state index contributed by atoms with van der Waals surface area (Å²) >= 11 is 0. The monoisotopic (exact) mass is 273 g/mol. The minimum Gasteiger partial charge on any atom is -0.272 e. The Kier molecular flexibility index (Phi) is 2.51. The Bertz CT molecular complexity index is 649. The van der Waals surface area contributed by atoms with Crippen molar-refractivity contribution in [3.8, 4) is 11.4 Å². The molecule has 0 saturated heterocycles. The molecule has 0 aromatic carbocycles. The second-order valence-electron chi connectivity index (χ2n) is 4.50. The van der Waals surface area contributed by atoms with Gasteiger partial charge in [0.1, 0.15) is 6.54 Å². The molecule has 1 fully saturated rings. The van der Waals surface area contributed by atoms with Crippen molar-refractivity contribution in [1.29, 1.82) is 0 Å².